The van der Waals surface area contributed by atoms with Gasteiger partial charge in [0.1, 0.15) is 12.2 Å². The molecule has 1 N–H and O–H groups in total. The summed E-state index contributed by atoms with van der Waals surface area (Å²) in [6.45, 7) is 0.288. The SMILES string of the molecule is Cc1ccc(NC(=O)COC(=O)CN(C)S(=O)(=O)c2ccc(Cl)cc2)c([N+](=O)[O-])c1. The van der Waals surface area contributed by atoms with Crippen molar-refractivity contribution in [3.05, 3.63) is 63.2 Å². The summed E-state index contributed by atoms with van der Waals surface area (Å²) in [5.74, 6) is -1.78. The smallest absolute Gasteiger partial charge is 0.321 e. The average Bonchev–Trinajstić information content (AvgIpc) is 2.68. The first-order valence-corrected chi connectivity index (χ1v) is 10.2. The number of esters is 1. The highest BCUT2D eigenvalue weighted by molar-refractivity contribution is 7.89. The Morgan fingerprint density at radius 1 is 1.20 bits per heavy atom. The maximum atomic E-state index is 12.4. The van der Waals surface area contributed by atoms with E-state index in [1.54, 1.807) is 13.0 Å². The van der Waals surface area contributed by atoms with E-state index in [4.69, 9.17) is 16.3 Å². The fourth-order valence-corrected chi connectivity index (χ4v) is 3.57. The van der Waals surface area contributed by atoms with Gasteiger partial charge in [0.2, 0.25) is 10.0 Å². The molecule has 0 heterocycles. The molecule has 0 aliphatic carbocycles. The Kier molecular flexibility index (Phi) is 7.48. The number of anilines is 1. The number of nitrogens with one attached hydrogen (secondary N) is 1. The van der Waals surface area contributed by atoms with Gasteiger partial charge in [-0.2, -0.15) is 4.31 Å². The number of carbonyl (C=O) groups is 2. The molecule has 0 fully saturated rings. The molecule has 12 heteroatoms. The van der Waals surface area contributed by atoms with Crippen molar-refractivity contribution in [2.24, 2.45) is 0 Å². The number of halogens is 1. The van der Waals surface area contributed by atoms with Gasteiger partial charge in [-0.1, -0.05) is 17.7 Å². The summed E-state index contributed by atoms with van der Waals surface area (Å²) in [6.07, 6.45) is 0. The van der Waals surface area contributed by atoms with Crippen molar-refractivity contribution >= 4 is 44.9 Å². The number of aryl methyl sites for hydroxylation is 1. The van der Waals surface area contributed by atoms with E-state index < -0.39 is 40.0 Å². The molecule has 30 heavy (non-hydrogen) atoms. The molecule has 0 spiro atoms. The summed E-state index contributed by atoms with van der Waals surface area (Å²) in [5.41, 5.74) is 0.286. The lowest BCUT2D eigenvalue weighted by molar-refractivity contribution is -0.384. The largest absolute Gasteiger partial charge is 0.455 e. The number of nitro groups is 1. The van der Waals surface area contributed by atoms with Crippen molar-refractivity contribution < 1.29 is 27.7 Å². The van der Waals surface area contributed by atoms with Crippen molar-refractivity contribution in [3.8, 4) is 0 Å². The summed E-state index contributed by atoms with van der Waals surface area (Å²) < 4.78 is 30.4. The lowest BCUT2D eigenvalue weighted by Crippen LogP contribution is -2.34. The zero-order valence-electron chi connectivity index (χ0n) is 16.0. The minimum atomic E-state index is -3.96. The van der Waals surface area contributed by atoms with Crippen LogP contribution < -0.4 is 5.32 Å². The van der Waals surface area contributed by atoms with Gasteiger partial charge < -0.3 is 10.1 Å². The standard InChI is InChI=1S/C18H18ClN3O7S/c1-12-3-8-15(16(9-12)22(25)26)20-17(23)11-29-18(24)10-21(2)30(27,28)14-6-4-13(19)5-7-14/h3-9H,10-11H2,1-2H3,(H,20,23). The number of rotatable bonds is 8. The van der Waals surface area contributed by atoms with Crippen LogP contribution in [-0.4, -0.2) is 49.7 Å². The van der Waals surface area contributed by atoms with Gasteiger partial charge in [0.05, 0.1) is 9.82 Å². The third-order valence-corrected chi connectivity index (χ3v) is 5.93. The van der Waals surface area contributed by atoms with Crippen molar-refractivity contribution in [2.75, 3.05) is 25.5 Å². The summed E-state index contributed by atoms with van der Waals surface area (Å²) in [4.78, 5) is 34.2. The predicted molar refractivity (Wildman–Crippen MR) is 109 cm³/mol. The number of nitro benzene ring substituents is 1. The van der Waals surface area contributed by atoms with E-state index in [0.29, 0.717) is 10.6 Å². The maximum Gasteiger partial charge on any atom is 0.321 e. The van der Waals surface area contributed by atoms with Crippen LogP contribution in [0.2, 0.25) is 5.02 Å². The number of sulfonamides is 1. The van der Waals surface area contributed by atoms with Gasteiger partial charge in [0.25, 0.3) is 11.6 Å². The van der Waals surface area contributed by atoms with Gasteiger partial charge >= 0.3 is 5.97 Å². The first-order chi connectivity index (χ1) is 14.0. The molecule has 2 rings (SSSR count). The van der Waals surface area contributed by atoms with Crippen LogP contribution in [0.25, 0.3) is 0 Å². The Morgan fingerprint density at radius 2 is 1.83 bits per heavy atom. The zero-order chi connectivity index (χ0) is 22.5. The molecule has 0 saturated heterocycles. The average molecular weight is 456 g/mol. The van der Waals surface area contributed by atoms with Crippen LogP contribution in [0.5, 0.6) is 0 Å². The minimum Gasteiger partial charge on any atom is -0.455 e. The van der Waals surface area contributed by atoms with E-state index in [1.807, 2.05) is 0 Å². The van der Waals surface area contributed by atoms with E-state index in [9.17, 15) is 28.1 Å². The number of amides is 1. The second-order valence-electron chi connectivity index (χ2n) is 6.20. The topological polar surface area (TPSA) is 136 Å². The third-order valence-electron chi connectivity index (χ3n) is 3.86. The first kappa shape index (κ1) is 23.3. The molecule has 2 aromatic carbocycles. The molecule has 1 amide bonds. The normalized spacial score (nSPS) is 11.2. The van der Waals surface area contributed by atoms with E-state index >= 15 is 0 Å². The molecule has 0 aliphatic rings. The number of hydrogen-bond acceptors (Lipinski definition) is 7. The predicted octanol–water partition coefficient (Wildman–Crippen LogP) is 2.36. The Hall–Kier alpha value is -3.02. The van der Waals surface area contributed by atoms with Crippen LogP contribution >= 0.6 is 11.6 Å². The first-order valence-electron chi connectivity index (χ1n) is 8.43. The molecule has 2 aromatic rings. The van der Waals surface area contributed by atoms with Gasteiger partial charge in [-0.3, -0.25) is 19.7 Å². The molecule has 0 radical (unpaired) electrons. The Bertz CT molecular complexity index is 1070. The van der Waals surface area contributed by atoms with Crippen LogP contribution in [0.4, 0.5) is 11.4 Å². The summed E-state index contributed by atoms with van der Waals surface area (Å²) in [5, 5.41) is 13.7. The van der Waals surface area contributed by atoms with Crippen LogP contribution in [0.3, 0.4) is 0 Å². The van der Waals surface area contributed by atoms with Gasteiger partial charge in [0, 0.05) is 18.1 Å². The highest BCUT2D eigenvalue weighted by atomic mass is 35.5. The monoisotopic (exact) mass is 455 g/mol. The van der Waals surface area contributed by atoms with Crippen LogP contribution in [0.15, 0.2) is 47.4 Å². The lowest BCUT2D eigenvalue weighted by Gasteiger charge is -2.16. The molecular weight excluding hydrogens is 438 g/mol. The molecule has 0 aromatic heterocycles. The molecule has 0 atom stereocenters. The van der Waals surface area contributed by atoms with Crippen molar-refractivity contribution in [3.63, 3.8) is 0 Å². The Morgan fingerprint density at radius 3 is 2.43 bits per heavy atom. The number of ether oxygens (including phenoxy) is 1. The zero-order valence-corrected chi connectivity index (χ0v) is 17.6. The molecule has 0 bridgehead atoms. The van der Waals surface area contributed by atoms with Crippen molar-refractivity contribution in [2.45, 2.75) is 11.8 Å². The van der Waals surface area contributed by atoms with E-state index in [2.05, 4.69) is 5.32 Å². The highest BCUT2D eigenvalue weighted by Gasteiger charge is 2.24. The second kappa shape index (κ2) is 9.65. The summed E-state index contributed by atoms with van der Waals surface area (Å²) >= 11 is 5.73. The molecule has 0 aliphatic heterocycles. The van der Waals surface area contributed by atoms with Gasteiger partial charge in [-0.15, -0.1) is 0 Å². The summed E-state index contributed by atoms with van der Waals surface area (Å²) in [7, 11) is -2.78. The number of nitrogens with zero attached hydrogens (tertiary/aromatic N) is 2. The molecule has 0 saturated carbocycles. The molecule has 160 valence electrons. The number of likely N-dealkylation sites (N-methyl/N-ethyl adjacent to an activating group) is 1. The maximum absolute atomic E-state index is 12.4. The number of carbonyl (C=O) groups excluding carboxylic acids is 2. The fraction of sp³-hybridized carbons (Fsp3) is 0.222. The quantitative estimate of drug-likeness (QED) is 0.366. The molecule has 0 unspecified atom stereocenters. The second-order valence-corrected chi connectivity index (χ2v) is 8.68. The van der Waals surface area contributed by atoms with E-state index in [0.717, 1.165) is 4.31 Å². The minimum absolute atomic E-state index is 0.0471. The lowest BCUT2D eigenvalue weighted by atomic mass is 10.2. The van der Waals surface area contributed by atoms with E-state index in [1.165, 1.54) is 43.4 Å². The third kappa shape index (κ3) is 5.99. The summed E-state index contributed by atoms with van der Waals surface area (Å²) in [6, 6.07) is 9.61. The van der Waals surface area contributed by atoms with Crippen LogP contribution in [0.1, 0.15) is 5.56 Å². The molecule has 10 nitrogen and oxygen atoms in total. The highest BCUT2D eigenvalue weighted by Crippen LogP contribution is 2.25. The van der Waals surface area contributed by atoms with Gasteiger partial charge in [0.15, 0.2) is 6.61 Å². The van der Waals surface area contributed by atoms with Gasteiger partial charge in [-0.25, -0.2) is 8.42 Å². The van der Waals surface area contributed by atoms with Crippen LogP contribution in [-0.2, 0) is 24.3 Å². The Labute approximate surface area is 177 Å². The van der Waals surface area contributed by atoms with Gasteiger partial charge in [-0.05, 0) is 42.8 Å². The fourth-order valence-electron chi connectivity index (χ4n) is 2.33. The van der Waals surface area contributed by atoms with E-state index in [-0.39, 0.29) is 16.3 Å². The van der Waals surface area contributed by atoms with Crippen LogP contribution in [0, 0.1) is 17.0 Å². The number of hydrogen-bond donors (Lipinski definition) is 1. The van der Waals surface area contributed by atoms with Crippen molar-refractivity contribution in [1.82, 2.24) is 4.31 Å². The Balaban J connectivity index is 1.93. The molecular formula is C18H18ClN3O7S. The van der Waals surface area contributed by atoms with Crippen molar-refractivity contribution in [1.29, 1.82) is 0 Å². The number of benzene rings is 2.